The van der Waals surface area contributed by atoms with E-state index in [0.717, 1.165) is 25.9 Å². The van der Waals surface area contributed by atoms with Crippen LogP contribution in [-0.2, 0) is 9.53 Å². The Morgan fingerprint density at radius 1 is 1.56 bits per heavy atom. The van der Waals surface area contributed by atoms with Crippen molar-refractivity contribution in [3.05, 3.63) is 0 Å². The highest BCUT2D eigenvalue weighted by atomic mass is 16.5. The van der Waals surface area contributed by atoms with E-state index in [2.05, 4.69) is 26.1 Å². The first-order valence-electron chi connectivity index (χ1n) is 6.22. The Balaban J connectivity index is 2.08. The number of nitrogens with one attached hydrogen (secondary N) is 1. The first kappa shape index (κ1) is 11.9. The first-order chi connectivity index (χ1) is 7.53. The summed E-state index contributed by atoms with van der Waals surface area (Å²) < 4.78 is 5.70. The standard InChI is InChI=1S/C12H22N2O2/c1-4-10-13-8-11(15)14(10)9-5-6-16-12(2,3)7-9/h9-10,13H,4-8H2,1-3H3. The van der Waals surface area contributed by atoms with E-state index < -0.39 is 0 Å². The molecule has 0 spiro atoms. The third kappa shape index (κ3) is 2.23. The summed E-state index contributed by atoms with van der Waals surface area (Å²) in [5.41, 5.74) is -0.0932. The molecule has 2 heterocycles. The highest BCUT2D eigenvalue weighted by molar-refractivity contribution is 5.81. The van der Waals surface area contributed by atoms with E-state index in [1.165, 1.54) is 0 Å². The summed E-state index contributed by atoms with van der Waals surface area (Å²) in [6.45, 7) is 7.59. The van der Waals surface area contributed by atoms with Gasteiger partial charge in [-0.2, -0.15) is 0 Å². The van der Waals surface area contributed by atoms with Crippen molar-refractivity contribution in [2.75, 3.05) is 13.2 Å². The van der Waals surface area contributed by atoms with Gasteiger partial charge in [-0.25, -0.2) is 0 Å². The Hall–Kier alpha value is -0.610. The smallest absolute Gasteiger partial charge is 0.238 e. The molecule has 0 aliphatic carbocycles. The topological polar surface area (TPSA) is 41.6 Å². The molecule has 2 unspecified atom stereocenters. The van der Waals surface area contributed by atoms with Crippen LogP contribution < -0.4 is 5.32 Å². The summed E-state index contributed by atoms with van der Waals surface area (Å²) in [6.07, 6.45) is 3.11. The molecule has 2 fully saturated rings. The molecule has 0 aromatic heterocycles. The first-order valence-corrected chi connectivity index (χ1v) is 6.22. The number of carbonyl (C=O) groups excluding carboxylic acids is 1. The van der Waals surface area contributed by atoms with Crippen molar-refractivity contribution < 1.29 is 9.53 Å². The normalized spacial score (nSPS) is 34.4. The van der Waals surface area contributed by atoms with Crippen LogP contribution in [-0.4, -0.2) is 41.8 Å². The van der Waals surface area contributed by atoms with E-state index in [4.69, 9.17) is 4.74 Å². The number of carbonyl (C=O) groups is 1. The Kier molecular flexibility index (Phi) is 3.22. The van der Waals surface area contributed by atoms with Gasteiger partial charge >= 0.3 is 0 Å². The van der Waals surface area contributed by atoms with E-state index in [9.17, 15) is 4.79 Å². The van der Waals surface area contributed by atoms with Gasteiger partial charge in [0.2, 0.25) is 5.91 Å². The van der Waals surface area contributed by atoms with Gasteiger partial charge in [-0.05, 0) is 33.1 Å². The van der Waals surface area contributed by atoms with Gasteiger partial charge in [0.05, 0.1) is 18.3 Å². The zero-order chi connectivity index (χ0) is 11.8. The summed E-state index contributed by atoms with van der Waals surface area (Å²) >= 11 is 0. The predicted octanol–water partition coefficient (Wildman–Crippen LogP) is 1.11. The number of rotatable bonds is 2. The molecule has 0 saturated carbocycles. The minimum absolute atomic E-state index is 0.0932. The average Bonchev–Trinajstić information content (AvgIpc) is 2.58. The van der Waals surface area contributed by atoms with E-state index in [1.807, 2.05) is 4.90 Å². The fourth-order valence-corrected chi connectivity index (χ4v) is 2.80. The van der Waals surface area contributed by atoms with E-state index in [-0.39, 0.29) is 17.7 Å². The molecule has 1 N–H and O–H groups in total. The molecule has 2 rings (SSSR count). The largest absolute Gasteiger partial charge is 0.375 e. The van der Waals surface area contributed by atoms with Gasteiger partial charge in [0.15, 0.2) is 0 Å². The van der Waals surface area contributed by atoms with Crippen molar-refractivity contribution in [2.45, 2.75) is 57.8 Å². The van der Waals surface area contributed by atoms with Gasteiger partial charge in [0.1, 0.15) is 0 Å². The molecule has 4 heteroatoms. The van der Waals surface area contributed by atoms with Crippen LogP contribution in [0.15, 0.2) is 0 Å². The highest BCUT2D eigenvalue weighted by Crippen LogP contribution is 2.29. The van der Waals surface area contributed by atoms with Crippen molar-refractivity contribution in [1.29, 1.82) is 0 Å². The van der Waals surface area contributed by atoms with Gasteiger partial charge < -0.3 is 9.64 Å². The molecule has 0 radical (unpaired) electrons. The lowest BCUT2D eigenvalue weighted by molar-refractivity contribution is -0.137. The van der Waals surface area contributed by atoms with E-state index >= 15 is 0 Å². The van der Waals surface area contributed by atoms with Crippen molar-refractivity contribution in [2.24, 2.45) is 0 Å². The van der Waals surface area contributed by atoms with Crippen LogP contribution in [0.25, 0.3) is 0 Å². The summed E-state index contributed by atoms with van der Waals surface area (Å²) in [7, 11) is 0. The van der Waals surface area contributed by atoms with Crippen molar-refractivity contribution in [1.82, 2.24) is 10.2 Å². The molecule has 0 aromatic carbocycles. The Morgan fingerprint density at radius 2 is 2.31 bits per heavy atom. The molecule has 4 nitrogen and oxygen atoms in total. The Bertz CT molecular complexity index is 278. The number of ether oxygens (including phenoxy) is 1. The lowest BCUT2D eigenvalue weighted by Crippen LogP contribution is -2.50. The molecular formula is C12H22N2O2. The molecule has 92 valence electrons. The fraction of sp³-hybridized carbons (Fsp3) is 0.917. The van der Waals surface area contributed by atoms with Crippen LogP contribution in [0.2, 0.25) is 0 Å². The second kappa shape index (κ2) is 4.34. The second-order valence-corrected chi connectivity index (χ2v) is 5.36. The van der Waals surface area contributed by atoms with Crippen LogP contribution in [0.3, 0.4) is 0 Å². The maximum Gasteiger partial charge on any atom is 0.238 e. The molecule has 0 bridgehead atoms. The number of nitrogens with zero attached hydrogens (tertiary/aromatic N) is 1. The van der Waals surface area contributed by atoms with Crippen molar-refractivity contribution in [3.8, 4) is 0 Å². The molecular weight excluding hydrogens is 204 g/mol. The molecule has 2 atom stereocenters. The second-order valence-electron chi connectivity index (χ2n) is 5.36. The van der Waals surface area contributed by atoms with Gasteiger partial charge in [0, 0.05) is 12.6 Å². The molecule has 0 aromatic rings. The van der Waals surface area contributed by atoms with Crippen LogP contribution in [0.5, 0.6) is 0 Å². The van der Waals surface area contributed by atoms with Crippen LogP contribution >= 0.6 is 0 Å². The lowest BCUT2D eigenvalue weighted by Gasteiger charge is -2.41. The molecule has 16 heavy (non-hydrogen) atoms. The number of hydrogen-bond donors (Lipinski definition) is 1. The summed E-state index contributed by atoms with van der Waals surface area (Å²) in [4.78, 5) is 13.9. The van der Waals surface area contributed by atoms with Crippen LogP contribution in [0, 0.1) is 0 Å². The summed E-state index contributed by atoms with van der Waals surface area (Å²) in [6, 6.07) is 0.344. The fourth-order valence-electron chi connectivity index (χ4n) is 2.80. The lowest BCUT2D eigenvalue weighted by atomic mass is 9.92. The van der Waals surface area contributed by atoms with E-state index in [1.54, 1.807) is 0 Å². The van der Waals surface area contributed by atoms with Crippen molar-refractivity contribution >= 4 is 5.91 Å². The molecule has 2 aliphatic heterocycles. The highest BCUT2D eigenvalue weighted by Gasteiger charge is 2.39. The van der Waals surface area contributed by atoms with Crippen LogP contribution in [0.1, 0.15) is 40.0 Å². The van der Waals surface area contributed by atoms with Gasteiger partial charge in [-0.15, -0.1) is 0 Å². The predicted molar refractivity (Wildman–Crippen MR) is 62.0 cm³/mol. The monoisotopic (exact) mass is 226 g/mol. The van der Waals surface area contributed by atoms with Gasteiger partial charge in [0.25, 0.3) is 0 Å². The maximum absolute atomic E-state index is 11.9. The SMILES string of the molecule is CCC1NCC(=O)N1C1CCOC(C)(C)C1. The van der Waals surface area contributed by atoms with Gasteiger partial charge in [-0.1, -0.05) is 6.92 Å². The minimum atomic E-state index is -0.0932. The molecule has 1 amide bonds. The van der Waals surface area contributed by atoms with Crippen molar-refractivity contribution in [3.63, 3.8) is 0 Å². The summed E-state index contributed by atoms with van der Waals surface area (Å²) in [5, 5.41) is 3.27. The Labute approximate surface area is 97.3 Å². The zero-order valence-corrected chi connectivity index (χ0v) is 10.5. The quantitative estimate of drug-likeness (QED) is 0.767. The Morgan fingerprint density at radius 3 is 2.94 bits per heavy atom. The number of amides is 1. The third-order valence-corrected chi connectivity index (χ3v) is 3.56. The molecule has 2 saturated heterocycles. The minimum Gasteiger partial charge on any atom is -0.375 e. The zero-order valence-electron chi connectivity index (χ0n) is 10.5. The average molecular weight is 226 g/mol. The third-order valence-electron chi connectivity index (χ3n) is 3.56. The number of hydrogen-bond acceptors (Lipinski definition) is 3. The van der Waals surface area contributed by atoms with Gasteiger partial charge in [-0.3, -0.25) is 10.1 Å². The van der Waals surface area contributed by atoms with E-state index in [0.29, 0.717) is 12.6 Å². The molecule has 2 aliphatic rings. The van der Waals surface area contributed by atoms with Crippen LogP contribution in [0.4, 0.5) is 0 Å². The summed E-state index contributed by atoms with van der Waals surface area (Å²) in [5.74, 6) is 0.245. The maximum atomic E-state index is 11.9.